The van der Waals surface area contributed by atoms with Gasteiger partial charge in [-0.1, -0.05) is 12.6 Å². The number of carbonyl (C=O) groups excluding carboxylic acids is 2. The molecule has 3 N–H and O–H groups in total. The van der Waals surface area contributed by atoms with E-state index in [0.29, 0.717) is 13.0 Å². The molecule has 1 radical (unpaired) electrons. The quantitative estimate of drug-likeness (QED) is 0.729. The molecular weight excluding hydrogens is 323 g/mol. The van der Waals surface area contributed by atoms with Gasteiger partial charge in [0.15, 0.2) is 0 Å². The predicted molar refractivity (Wildman–Crippen MR) is 67.9 cm³/mol. The molecule has 1 aliphatic rings. The van der Waals surface area contributed by atoms with Crippen molar-refractivity contribution in [2.75, 3.05) is 6.54 Å². The van der Waals surface area contributed by atoms with Crippen molar-refractivity contribution in [1.29, 1.82) is 0 Å². The minimum atomic E-state index is -0.741. The molecule has 2 amide bonds. The van der Waals surface area contributed by atoms with Crippen LogP contribution in [0.1, 0.15) is 26.7 Å². The van der Waals surface area contributed by atoms with Crippen molar-refractivity contribution < 1.29 is 47.4 Å². The number of likely N-dealkylation sites (tertiary alicyclic amines) is 1. The van der Waals surface area contributed by atoms with E-state index in [1.54, 1.807) is 13.8 Å². The van der Waals surface area contributed by atoms with Gasteiger partial charge in [-0.05, 0) is 20.3 Å². The van der Waals surface area contributed by atoms with E-state index in [2.05, 4.69) is 11.9 Å². The number of aliphatic hydroxyl groups is 1. The van der Waals surface area contributed by atoms with Gasteiger partial charge in [0.25, 0.3) is 0 Å². The normalized spacial score (nSPS) is 21.5. The third-order valence-corrected chi connectivity index (χ3v) is 3.02. The van der Waals surface area contributed by atoms with Gasteiger partial charge < -0.3 is 21.1 Å². The molecule has 105 valence electrons. The van der Waals surface area contributed by atoms with E-state index in [4.69, 9.17) is 10.8 Å². The second-order valence-electron chi connectivity index (χ2n) is 4.73. The van der Waals surface area contributed by atoms with Gasteiger partial charge in [-0.3, -0.25) is 9.59 Å². The van der Waals surface area contributed by atoms with Crippen molar-refractivity contribution >= 4 is 11.8 Å². The SMILES string of the molecule is C=C(O)C[C@@H](C)NC(=O)[C@H](C)N1CC[C@H]([NH-])C1=O.[Y]. The fraction of sp³-hybridized carbons (Fsp3) is 0.667. The Morgan fingerprint density at radius 2 is 2.21 bits per heavy atom. The summed E-state index contributed by atoms with van der Waals surface area (Å²) in [6, 6.07) is -1.56. The van der Waals surface area contributed by atoms with Crippen LogP contribution in [0.25, 0.3) is 5.73 Å². The maximum absolute atomic E-state index is 11.9. The third-order valence-electron chi connectivity index (χ3n) is 3.02. The van der Waals surface area contributed by atoms with Gasteiger partial charge in [0.05, 0.1) is 5.76 Å². The van der Waals surface area contributed by atoms with Crippen molar-refractivity contribution in [2.45, 2.75) is 44.8 Å². The molecule has 19 heavy (non-hydrogen) atoms. The fourth-order valence-electron chi connectivity index (χ4n) is 2.00. The van der Waals surface area contributed by atoms with E-state index in [1.807, 2.05) is 0 Å². The summed E-state index contributed by atoms with van der Waals surface area (Å²) in [6.45, 7) is 7.21. The zero-order chi connectivity index (χ0) is 13.9. The van der Waals surface area contributed by atoms with Crippen LogP contribution in [-0.4, -0.2) is 46.5 Å². The van der Waals surface area contributed by atoms with Crippen LogP contribution in [0, 0.1) is 0 Å². The average molecular weight is 343 g/mol. The van der Waals surface area contributed by atoms with E-state index in [9.17, 15) is 9.59 Å². The minimum Gasteiger partial charge on any atom is -0.667 e. The molecule has 1 rings (SSSR count). The summed E-state index contributed by atoms with van der Waals surface area (Å²) in [4.78, 5) is 24.9. The second-order valence-corrected chi connectivity index (χ2v) is 4.73. The molecule has 3 atom stereocenters. The number of hydrogen-bond acceptors (Lipinski definition) is 3. The second kappa shape index (κ2) is 7.97. The monoisotopic (exact) mass is 343 g/mol. The summed E-state index contributed by atoms with van der Waals surface area (Å²) < 4.78 is 0. The van der Waals surface area contributed by atoms with E-state index < -0.39 is 12.1 Å². The molecule has 0 aromatic heterocycles. The smallest absolute Gasteiger partial charge is 0.242 e. The largest absolute Gasteiger partial charge is 0.667 e. The number of aliphatic hydroxyl groups excluding tert-OH is 1. The van der Waals surface area contributed by atoms with E-state index in [1.165, 1.54) is 4.90 Å². The molecule has 6 nitrogen and oxygen atoms in total. The van der Waals surface area contributed by atoms with E-state index in [-0.39, 0.29) is 62.7 Å². The Labute approximate surface area is 138 Å². The molecular formula is C12H20N3O3Y-. The van der Waals surface area contributed by atoms with Gasteiger partial charge in [-0.25, -0.2) is 0 Å². The molecule has 1 fully saturated rings. The number of rotatable bonds is 5. The average Bonchev–Trinajstić information content (AvgIpc) is 2.57. The number of carbonyl (C=O) groups is 2. The van der Waals surface area contributed by atoms with Gasteiger partial charge >= 0.3 is 0 Å². The molecule has 0 bridgehead atoms. The number of nitrogens with zero attached hydrogens (tertiary/aromatic N) is 1. The van der Waals surface area contributed by atoms with Crippen LogP contribution in [0.15, 0.2) is 12.3 Å². The summed E-state index contributed by atoms with van der Waals surface area (Å²) in [5.74, 6) is -0.554. The molecule has 1 aliphatic heterocycles. The van der Waals surface area contributed by atoms with Crippen molar-refractivity contribution in [1.82, 2.24) is 10.2 Å². The Kier molecular flexibility index (Phi) is 7.78. The first-order chi connectivity index (χ1) is 8.32. The molecule has 0 aliphatic carbocycles. The van der Waals surface area contributed by atoms with Crippen molar-refractivity contribution in [3.8, 4) is 0 Å². The Balaban J connectivity index is 0.00000324. The molecule has 0 aromatic rings. The number of amides is 2. The summed E-state index contributed by atoms with van der Waals surface area (Å²) in [5, 5.41) is 11.7. The molecule has 1 saturated heterocycles. The first-order valence-corrected chi connectivity index (χ1v) is 6.01. The first kappa shape index (κ1) is 18.5. The zero-order valence-electron chi connectivity index (χ0n) is 11.3. The van der Waals surface area contributed by atoms with Crippen LogP contribution >= 0.6 is 0 Å². The molecule has 1 heterocycles. The van der Waals surface area contributed by atoms with Crippen molar-refractivity contribution in [3.05, 3.63) is 18.1 Å². The van der Waals surface area contributed by atoms with Crippen LogP contribution in [0.5, 0.6) is 0 Å². The number of hydrogen-bond donors (Lipinski definition) is 2. The zero-order valence-corrected chi connectivity index (χ0v) is 14.2. The van der Waals surface area contributed by atoms with Crippen LogP contribution in [-0.2, 0) is 42.3 Å². The Morgan fingerprint density at radius 1 is 1.63 bits per heavy atom. The topological polar surface area (TPSA) is 93.4 Å². The van der Waals surface area contributed by atoms with E-state index >= 15 is 0 Å². The van der Waals surface area contributed by atoms with Crippen molar-refractivity contribution in [2.24, 2.45) is 0 Å². The van der Waals surface area contributed by atoms with Gasteiger partial charge in [-0.15, -0.1) is 0 Å². The minimum absolute atomic E-state index is 0. The van der Waals surface area contributed by atoms with Crippen LogP contribution in [0.3, 0.4) is 0 Å². The van der Waals surface area contributed by atoms with Gasteiger partial charge in [0, 0.05) is 51.7 Å². The maximum Gasteiger partial charge on any atom is 0.242 e. The van der Waals surface area contributed by atoms with Crippen LogP contribution < -0.4 is 5.32 Å². The van der Waals surface area contributed by atoms with Crippen LogP contribution in [0.2, 0.25) is 0 Å². The first-order valence-electron chi connectivity index (χ1n) is 6.01. The maximum atomic E-state index is 11.9. The van der Waals surface area contributed by atoms with E-state index in [0.717, 1.165) is 0 Å². The molecule has 0 spiro atoms. The third kappa shape index (κ3) is 5.20. The Bertz CT molecular complexity index is 362. The van der Waals surface area contributed by atoms with Crippen molar-refractivity contribution in [3.63, 3.8) is 0 Å². The Hall–Kier alpha value is -0.456. The summed E-state index contributed by atoms with van der Waals surface area (Å²) in [5.41, 5.74) is 7.47. The predicted octanol–water partition coefficient (Wildman–Crippen LogP) is 0.992. The van der Waals surface area contributed by atoms with Gasteiger partial charge in [0.2, 0.25) is 11.8 Å². The van der Waals surface area contributed by atoms with Crippen LogP contribution in [0.4, 0.5) is 0 Å². The van der Waals surface area contributed by atoms with Gasteiger partial charge in [-0.2, -0.15) is 0 Å². The molecule has 7 heteroatoms. The fourth-order valence-corrected chi connectivity index (χ4v) is 2.00. The molecule has 0 unspecified atom stereocenters. The summed E-state index contributed by atoms with van der Waals surface area (Å²) in [7, 11) is 0. The molecule has 0 aromatic carbocycles. The summed E-state index contributed by atoms with van der Waals surface area (Å²) in [6.07, 6.45) is 0.757. The Morgan fingerprint density at radius 3 is 2.63 bits per heavy atom. The molecule has 0 saturated carbocycles. The summed E-state index contributed by atoms with van der Waals surface area (Å²) >= 11 is 0. The number of nitrogens with one attached hydrogen (secondary N) is 2. The standard InChI is InChI=1S/C12H20N3O3.Y/c1-7(6-8(2)16)14-11(17)9(3)15-5-4-10(13)12(15)18;/h7,9-10,13,16H,2,4-6H2,1,3H3,(H,14,17);/q-1;/t7-,9+,10+;/m1./s1. The van der Waals surface area contributed by atoms with Gasteiger partial charge in [0.1, 0.15) is 6.04 Å².